The number of amides is 1. The maximum absolute atomic E-state index is 12.6. The zero-order chi connectivity index (χ0) is 21.8. The standard InChI is InChI=1S/C21H20Cl2N6O2/c1-13-25-18(12-19(26-13)29-7-9-31-10-8-29)28-17-11-14(5-6-24-17)27-21(30)20-15(22)3-2-4-16(20)23/h2-6,11-12H,7-10H2,1H3,(H2,24,25,26,27,28,30). The maximum Gasteiger partial charge on any atom is 0.258 e. The van der Waals surface area contributed by atoms with Crippen LogP contribution in [0.5, 0.6) is 0 Å². The third-order valence-electron chi connectivity index (χ3n) is 4.62. The Hall–Kier alpha value is -2.94. The van der Waals surface area contributed by atoms with E-state index in [4.69, 9.17) is 27.9 Å². The highest BCUT2D eigenvalue weighted by atomic mass is 35.5. The van der Waals surface area contributed by atoms with Gasteiger partial charge in [0.1, 0.15) is 23.3 Å². The molecule has 2 aromatic heterocycles. The minimum Gasteiger partial charge on any atom is -0.378 e. The van der Waals surface area contributed by atoms with E-state index in [9.17, 15) is 4.79 Å². The quantitative estimate of drug-likeness (QED) is 0.587. The monoisotopic (exact) mass is 458 g/mol. The third kappa shape index (κ3) is 5.22. The first-order chi connectivity index (χ1) is 15.0. The van der Waals surface area contributed by atoms with Gasteiger partial charge in [0.15, 0.2) is 0 Å². The van der Waals surface area contributed by atoms with Crippen LogP contribution in [0.1, 0.15) is 16.2 Å². The molecule has 1 aliphatic rings. The Balaban J connectivity index is 1.51. The van der Waals surface area contributed by atoms with Crippen molar-refractivity contribution in [2.45, 2.75) is 6.92 Å². The molecule has 0 unspecified atom stereocenters. The summed E-state index contributed by atoms with van der Waals surface area (Å²) < 4.78 is 5.41. The van der Waals surface area contributed by atoms with E-state index in [2.05, 4.69) is 30.5 Å². The number of aromatic nitrogens is 3. The summed E-state index contributed by atoms with van der Waals surface area (Å²) in [7, 11) is 0. The van der Waals surface area contributed by atoms with E-state index in [-0.39, 0.29) is 15.6 Å². The van der Waals surface area contributed by atoms with Gasteiger partial charge in [-0.05, 0) is 25.1 Å². The van der Waals surface area contributed by atoms with Crippen LogP contribution in [0.15, 0.2) is 42.6 Å². The van der Waals surface area contributed by atoms with Crippen LogP contribution in [0.2, 0.25) is 10.0 Å². The second kappa shape index (κ2) is 9.47. The van der Waals surface area contributed by atoms with E-state index >= 15 is 0 Å². The zero-order valence-corrected chi connectivity index (χ0v) is 18.2. The Morgan fingerprint density at radius 2 is 1.81 bits per heavy atom. The van der Waals surface area contributed by atoms with Gasteiger partial charge in [0, 0.05) is 37.1 Å². The number of pyridine rings is 1. The van der Waals surface area contributed by atoms with E-state index in [1.807, 2.05) is 13.0 Å². The second-order valence-electron chi connectivity index (χ2n) is 6.86. The van der Waals surface area contributed by atoms with Gasteiger partial charge in [0.05, 0.1) is 28.8 Å². The number of ether oxygens (including phenoxy) is 1. The molecule has 0 spiro atoms. The van der Waals surface area contributed by atoms with Gasteiger partial charge in [-0.15, -0.1) is 0 Å². The molecular weight excluding hydrogens is 439 g/mol. The van der Waals surface area contributed by atoms with Crippen molar-refractivity contribution in [3.8, 4) is 0 Å². The number of rotatable bonds is 5. The average Bonchev–Trinajstić information content (AvgIpc) is 2.74. The third-order valence-corrected chi connectivity index (χ3v) is 5.25. The predicted molar refractivity (Wildman–Crippen MR) is 122 cm³/mol. The Labute approximate surface area is 189 Å². The molecule has 3 heterocycles. The van der Waals surface area contributed by atoms with Crippen molar-refractivity contribution < 1.29 is 9.53 Å². The normalized spacial score (nSPS) is 13.7. The molecule has 0 bridgehead atoms. The fourth-order valence-corrected chi connectivity index (χ4v) is 3.76. The number of hydrogen-bond acceptors (Lipinski definition) is 7. The molecular formula is C21H20Cl2N6O2. The Morgan fingerprint density at radius 1 is 1.06 bits per heavy atom. The number of hydrogen-bond donors (Lipinski definition) is 2. The zero-order valence-electron chi connectivity index (χ0n) is 16.7. The van der Waals surface area contributed by atoms with E-state index in [1.54, 1.807) is 36.5 Å². The van der Waals surface area contributed by atoms with E-state index in [0.29, 0.717) is 36.4 Å². The summed E-state index contributed by atoms with van der Waals surface area (Å²) >= 11 is 12.3. The topological polar surface area (TPSA) is 92.3 Å². The molecule has 1 fully saturated rings. The molecule has 8 nitrogen and oxygen atoms in total. The first kappa shape index (κ1) is 21.3. The van der Waals surface area contributed by atoms with Crippen molar-refractivity contribution in [1.82, 2.24) is 15.0 Å². The summed E-state index contributed by atoms with van der Waals surface area (Å²) in [5.74, 6) is 2.20. The van der Waals surface area contributed by atoms with Crippen molar-refractivity contribution in [3.63, 3.8) is 0 Å². The number of carbonyl (C=O) groups excluding carboxylic acids is 1. The van der Waals surface area contributed by atoms with Crippen LogP contribution < -0.4 is 15.5 Å². The van der Waals surface area contributed by atoms with Gasteiger partial charge in [-0.1, -0.05) is 29.3 Å². The first-order valence-corrected chi connectivity index (χ1v) is 10.4. The highest BCUT2D eigenvalue weighted by Gasteiger charge is 2.16. The summed E-state index contributed by atoms with van der Waals surface area (Å²) in [4.78, 5) is 28.1. The van der Waals surface area contributed by atoms with E-state index < -0.39 is 5.91 Å². The lowest BCUT2D eigenvalue weighted by Gasteiger charge is -2.28. The highest BCUT2D eigenvalue weighted by Crippen LogP contribution is 2.26. The number of aryl methyl sites for hydroxylation is 1. The largest absolute Gasteiger partial charge is 0.378 e. The fourth-order valence-electron chi connectivity index (χ4n) is 3.19. The van der Waals surface area contributed by atoms with E-state index in [0.717, 1.165) is 18.9 Å². The second-order valence-corrected chi connectivity index (χ2v) is 7.68. The number of anilines is 4. The number of benzene rings is 1. The first-order valence-electron chi connectivity index (χ1n) is 9.66. The van der Waals surface area contributed by atoms with Gasteiger partial charge in [-0.25, -0.2) is 15.0 Å². The summed E-state index contributed by atoms with van der Waals surface area (Å²) in [5, 5.41) is 6.54. The van der Waals surface area contributed by atoms with Gasteiger partial charge in [-0.3, -0.25) is 4.79 Å². The minimum atomic E-state index is -0.403. The number of halogens is 2. The average molecular weight is 459 g/mol. The van der Waals surface area contributed by atoms with Crippen LogP contribution in [0, 0.1) is 6.92 Å². The highest BCUT2D eigenvalue weighted by molar-refractivity contribution is 6.40. The van der Waals surface area contributed by atoms with Crippen LogP contribution in [0.4, 0.5) is 23.1 Å². The molecule has 3 aromatic rings. The number of nitrogens with zero attached hydrogens (tertiary/aromatic N) is 4. The lowest BCUT2D eigenvalue weighted by Crippen LogP contribution is -2.36. The molecule has 0 atom stereocenters. The summed E-state index contributed by atoms with van der Waals surface area (Å²) in [6.45, 7) is 4.74. The van der Waals surface area contributed by atoms with E-state index in [1.165, 1.54) is 0 Å². The number of morpholine rings is 1. The van der Waals surface area contributed by atoms with Crippen molar-refractivity contribution in [1.29, 1.82) is 0 Å². The van der Waals surface area contributed by atoms with Crippen LogP contribution in [-0.2, 0) is 4.74 Å². The molecule has 160 valence electrons. The van der Waals surface area contributed by atoms with Crippen molar-refractivity contribution >= 4 is 52.3 Å². The molecule has 1 aromatic carbocycles. The van der Waals surface area contributed by atoms with Gasteiger partial charge in [0.25, 0.3) is 5.91 Å². The van der Waals surface area contributed by atoms with Crippen LogP contribution >= 0.6 is 23.2 Å². The smallest absolute Gasteiger partial charge is 0.258 e. The molecule has 1 saturated heterocycles. The predicted octanol–water partition coefficient (Wildman–Crippen LogP) is 4.32. The van der Waals surface area contributed by atoms with Crippen molar-refractivity contribution in [2.75, 3.05) is 41.8 Å². The Bertz CT molecular complexity index is 1080. The van der Waals surface area contributed by atoms with Gasteiger partial charge < -0.3 is 20.3 Å². The number of nitrogens with one attached hydrogen (secondary N) is 2. The van der Waals surface area contributed by atoms with Crippen molar-refractivity contribution in [3.05, 3.63) is 64.0 Å². The summed E-state index contributed by atoms with van der Waals surface area (Å²) in [6, 6.07) is 10.2. The summed E-state index contributed by atoms with van der Waals surface area (Å²) in [5.41, 5.74) is 0.761. The minimum absolute atomic E-state index is 0.221. The van der Waals surface area contributed by atoms with Crippen molar-refractivity contribution in [2.24, 2.45) is 0 Å². The molecule has 31 heavy (non-hydrogen) atoms. The van der Waals surface area contributed by atoms with Crippen LogP contribution in [0.3, 0.4) is 0 Å². The van der Waals surface area contributed by atoms with Gasteiger partial charge in [0.2, 0.25) is 0 Å². The molecule has 2 N–H and O–H groups in total. The molecule has 1 amide bonds. The summed E-state index contributed by atoms with van der Waals surface area (Å²) in [6.07, 6.45) is 1.59. The molecule has 10 heteroatoms. The lowest BCUT2D eigenvalue weighted by molar-refractivity contribution is 0.102. The molecule has 0 radical (unpaired) electrons. The Kier molecular flexibility index (Phi) is 6.50. The molecule has 1 aliphatic heterocycles. The van der Waals surface area contributed by atoms with Crippen LogP contribution in [0.25, 0.3) is 0 Å². The number of carbonyl (C=O) groups is 1. The molecule has 0 aliphatic carbocycles. The maximum atomic E-state index is 12.6. The molecule has 0 saturated carbocycles. The SMILES string of the molecule is Cc1nc(Nc2cc(NC(=O)c3c(Cl)cccc3Cl)ccn2)cc(N2CCOCC2)n1. The lowest BCUT2D eigenvalue weighted by atomic mass is 10.2. The Morgan fingerprint density at radius 3 is 2.55 bits per heavy atom. The van der Waals surface area contributed by atoms with Gasteiger partial charge >= 0.3 is 0 Å². The van der Waals surface area contributed by atoms with Gasteiger partial charge in [-0.2, -0.15) is 0 Å². The fraction of sp³-hybridized carbons (Fsp3) is 0.238. The molecule has 4 rings (SSSR count). The van der Waals surface area contributed by atoms with Crippen LogP contribution in [-0.4, -0.2) is 47.2 Å².